The number of nitrogens with two attached hydrogens (primary N) is 1. The van der Waals surface area contributed by atoms with E-state index >= 15 is 0 Å². The van der Waals surface area contributed by atoms with Crippen molar-refractivity contribution >= 4 is 35.3 Å². The molecule has 122 valence electrons. The van der Waals surface area contributed by atoms with Crippen molar-refractivity contribution in [3.05, 3.63) is 81.6 Å². The molecule has 0 spiro atoms. The molecule has 0 aromatic heterocycles. The Morgan fingerprint density at radius 1 is 0.917 bits per heavy atom. The standard InChI is InChI=1S/C18H16N2O2S2/c19-16-15(17(21)22-20-16)18(23-11-13-7-3-1-4-8-13)24-12-14-9-5-2-6-10-14/h1-10H,11-12H2,(H2,19,20). The van der Waals surface area contributed by atoms with Gasteiger partial charge in [0.1, 0.15) is 5.57 Å². The van der Waals surface area contributed by atoms with Crippen LogP contribution in [0.2, 0.25) is 0 Å². The van der Waals surface area contributed by atoms with E-state index in [2.05, 4.69) is 29.4 Å². The lowest BCUT2D eigenvalue weighted by atomic mass is 10.2. The summed E-state index contributed by atoms with van der Waals surface area (Å²) >= 11 is 3.16. The van der Waals surface area contributed by atoms with Gasteiger partial charge in [-0.3, -0.25) is 0 Å². The van der Waals surface area contributed by atoms with Gasteiger partial charge in [0.05, 0.1) is 4.24 Å². The Hall–Kier alpha value is -2.18. The zero-order valence-electron chi connectivity index (χ0n) is 12.8. The van der Waals surface area contributed by atoms with Gasteiger partial charge in [0.25, 0.3) is 0 Å². The van der Waals surface area contributed by atoms with E-state index in [9.17, 15) is 4.79 Å². The van der Waals surface area contributed by atoms with Gasteiger partial charge in [0.2, 0.25) is 0 Å². The van der Waals surface area contributed by atoms with E-state index in [0.29, 0.717) is 5.57 Å². The highest BCUT2D eigenvalue weighted by molar-refractivity contribution is 8.21. The monoisotopic (exact) mass is 356 g/mol. The van der Waals surface area contributed by atoms with E-state index < -0.39 is 5.97 Å². The van der Waals surface area contributed by atoms with Crippen LogP contribution in [0.5, 0.6) is 0 Å². The number of thioether (sulfide) groups is 2. The topological polar surface area (TPSA) is 64.7 Å². The molecule has 0 fully saturated rings. The van der Waals surface area contributed by atoms with Gasteiger partial charge in [-0.15, -0.1) is 23.5 Å². The predicted octanol–water partition coefficient (Wildman–Crippen LogP) is 3.89. The quantitative estimate of drug-likeness (QED) is 0.628. The molecule has 0 unspecified atom stereocenters. The zero-order valence-corrected chi connectivity index (χ0v) is 14.5. The van der Waals surface area contributed by atoms with Crippen molar-refractivity contribution in [2.24, 2.45) is 10.9 Å². The van der Waals surface area contributed by atoms with Crippen LogP contribution >= 0.6 is 23.5 Å². The second-order valence-electron chi connectivity index (χ2n) is 5.07. The molecule has 2 aromatic carbocycles. The molecule has 4 nitrogen and oxygen atoms in total. The zero-order chi connectivity index (χ0) is 16.8. The summed E-state index contributed by atoms with van der Waals surface area (Å²) in [4.78, 5) is 16.6. The van der Waals surface area contributed by atoms with Crippen molar-refractivity contribution in [1.29, 1.82) is 0 Å². The first kappa shape index (κ1) is 16.7. The summed E-state index contributed by atoms with van der Waals surface area (Å²) < 4.78 is 0.839. The van der Waals surface area contributed by atoms with Crippen LogP contribution in [0.25, 0.3) is 0 Å². The van der Waals surface area contributed by atoms with Gasteiger partial charge in [0.15, 0.2) is 5.84 Å². The molecule has 1 aliphatic heterocycles. The minimum absolute atomic E-state index is 0.149. The van der Waals surface area contributed by atoms with Crippen molar-refractivity contribution < 1.29 is 9.63 Å². The normalized spacial score (nSPS) is 13.6. The summed E-state index contributed by atoms with van der Waals surface area (Å²) in [6.45, 7) is 0. The number of carbonyl (C=O) groups excluding carboxylic acids is 1. The Bertz CT molecular complexity index is 729. The average molecular weight is 356 g/mol. The van der Waals surface area contributed by atoms with Crippen molar-refractivity contribution in [2.45, 2.75) is 11.5 Å². The first-order valence-electron chi connectivity index (χ1n) is 7.37. The molecular weight excluding hydrogens is 340 g/mol. The number of hydrogen-bond acceptors (Lipinski definition) is 6. The molecule has 1 heterocycles. The molecule has 6 heteroatoms. The third kappa shape index (κ3) is 4.21. The number of rotatable bonds is 6. The molecule has 0 amide bonds. The Morgan fingerprint density at radius 2 is 1.42 bits per heavy atom. The number of benzene rings is 2. The van der Waals surface area contributed by atoms with E-state index in [1.54, 1.807) is 23.5 Å². The van der Waals surface area contributed by atoms with Crippen molar-refractivity contribution in [2.75, 3.05) is 0 Å². The summed E-state index contributed by atoms with van der Waals surface area (Å²) in [7, 11) is 0. The van der Waals surface area contributed by atoms with Gasteiger partial charge in [-0.05, 0) is 11.1 Å². The first-order valence-corrected chi connectivity index (χ1v) is 9.34. The summed E-state index contributed by atoms with van der Waals surface area (Å²) in [5.41, 5.74) is 8.57. The van der Waals surface area contributed by atoms with E-state index in [-0.39, 0.29) is 5.84 Å². The highest BCUT2D eigenvalue weighted by atomic mass is 32.2. The molecule has 0 bridgehead atoms. The number of amidine groups is 1. The van der Waals surface area contributed by atoms with Gasteiger partial charge in [-0.2, -0.15) is 0 Å². The lowest BCUT2D eigenvalue weighted by Gasteiger charge is -2.09. The van der Waals surface area contributed by atoms with E-state index in [1.807, 2.05) is 36.4 Å². The summed E-state index contributed by atoms with van der Waals surface area (Å²) in [6, 6.07) is 20.2. The third-order valence-corrected chi connectivity index (χ3v) is 5.91. The molecule has 0 saturated carbocycles. The van der Waals surface area contributed by atoms with Crippen molar-refractivity contribution in [1.82, 2.24) is 0 Å². The van der Waals surface area contributed by atoms with Crippen LogP contribution < -0.4 is 5.73 Å². The molecule has 2 aromatic rings. The Morgan fingerprint density at radius 3 is 1.83 bits per heavy atom. The third-order valence-electron chi connectivity index (χ3n) is 3.32. The fourth-order valence-corrected chi connectivity index (χ4v) is 4.44. The molecule has 1 aliphatic rings. The van der Waals surface area contributed by atoms with Crippen LogP contribution in [0.3, 0.4) is 0 Å². The highest BCUT2D eigenvalue weighted by Crippen LogP contribution is 2.37. The van der Waals surface area contributed by atoms with Crippen LogP contribution in [0.4, 0.5) is 0 Å². The fraction of sp³-hybridized carbons (Fsp3) is 0.111. The SMILES string of the molecule is NC1=NOC(=O)C1=C(SCc1ccccc1)SCc1ccccc1. The number of oxime groups is 1. The van der Waals surface area contributed by atoms with E-state index in [4.69, 9.17) is 10.6 Å². The largest absolute Gasteiger partial charge is 0.380 e. The molecule has 0 radical (unpaired) electrons. The van der Waals surface area contributed by atoms with Crippen LogP contribution in [0.15, 0.2) is 75.6 Å². The van der Waals surface area contributed by atoms with Gasteiger partial charge in [-0.25, -0.2) is 4.79 Å². The van der Waals surface area contributed by atoms with Crippen LogP contribution in [0.1, 0.15) is 11.1 Å². The minimum Gasteiger partial charge on any atom is -0.380 e. The molecule has 0 atom stereocenters. The predicted molar refractivity (Wildman–Crippen MR) is 100 cm³/mol. The Kier molecular flexibility index (Phi) is 5.61. The molecule has 0 aliphatic carbocycles. The number of carbonyl (C=O) groups is 1. The van der Waals surface area contributed by atoms with Crippen molar-refractivity contribution in [3.63, 3.8) is 0 Å². The Labute approximate surface area is 149 Å². The Balaban J connectivity index is 1.77. The van der Waals surface area contributed by atoms with Crippen LogP contribution in [0, 0.1) is 0 Å². The van der Waals surface area contributed by atoms with Crippen LogP contribution in [-0.4, -0.2) is 11.8 Å². The van der Waals surface area contributed by atoms with E-state index in [0.717, 1.165) is 15.7 Å². The maximum Gasteiger partial charge on any atom is 0.371 e. The van der Waals surface area contributed by atoms with Gasteiger partial charge in [-0.1, -0.05) is 65.8 Å². The molecular formula is C18H16N2O2S2. The molecule has 3 rings (SSSR count). The lowest BCUT2D eigenvalue weighted by Crippen LogP contribution is -2.15. The van der Waals surface area contributed by atoms with E-state index in [1.165, 1.54) is 11.1 Å². The molecule has 2 N–H and O–H groups in total. The fourth-order valence-electron chi connectivity index (χ4n) is 2.11. The summed E-state index contributed by atoms with van der Waals surface area (Å²) in [6.07, 6.45) is 0. The molecule has 0 saturated heterocycles. The highest BCUT2D eigenvalue weighted by Gasteiger charge is 2.28. The minimum atomic E-state index is -0.483. The second-order valence-corrected chi connectivity index (χ2v) is 7.30. The smallest absolute Gasteiger partial charge is 0.371 e. The summed E-state index contributed by atoms with van der Waals surface area (Å²) in [5, 5.41) is 3.59. The molecule has 24 heavy (non-hydrogen) atoms. The van der Waals surface area contributed by atoms with Gasteiger partial charge < -0.3 is 10.6 Å². The summed E-state index contributed by atoms with van der Waals surface area (Å²) in [5.74, 6) is 1.17. The number of nitrogens with zero attached hydrogens (tertiary/aromatic N) is 1. The lowest BCUT2D eigenvalue weighted by molar-refractivity contribution is -0.136. The maximum atomic E-state index is 11.9. The number of hydrogen-bond donors (Lipinski definition) is 1. The van der Waals surface area contributed by atoms with Gasteiger partial charge in [0, 0.05) is 11.5 Å². The van der Waals surface area contributed by atoms with Gasteiger partial charge >= 0.3 is 5.97 Å². The van der Waals surface area contributed by atoms with Crippen LogP contribution in [-0.2, 0) is 21.1 Å². The maximum absolute atomic E-state index is 11.9. The van der Waals surface area contributed by atoms with Crippen molar-refractivity contribution in [3.8, 4) is 0 Å². The second kappa shape index (κ2) is 8.08. The average Bonchev–Trinajstić information content (AvgIpc) is 2.96. The first-order chi connectivity index (χ1) is 11.7.